The molecule has 1 unspecified atom stereocenters. The van der Waals surface area contributed by atoms with Gasteiger partial charge in [-0.05, 0) is 48.5 Å². The number of ether oxygens (including phenoxy) is 3. The smallest absolute Gasteiger partial charge is 0.303 e. The zero-order chi connectivity index (χ0) is 34.2. The van der Waals surface area contributed by atoms with E-state index in [9.17, 15) is 28.4 Å². The van der Waals surface area contributed by atoms with Gasteiger partial charge in [-0.25, -0.2) is 9.29 Å². The fourth-order valence-corrected chi connectivity index (χ4v) is 5.80. The summed E-state index contributed by atoms with van der Waals surface area (Å²) in [4.78, 5) is 66.3. The van der Waals surface area contributed by atoms with Gasteiger partial charge in [0, 0.05) is 43.8 Å². The third kappa shape index (κ3) is 5.93. The molecular weight excluding hydrogens is 639 g/mol. The highest BCUT2D eigenvalue weighted by Crippen LogP contribution is 2.34. The third-order valence-electron chi connectivity index (χ3n) is 8.16. The van der Waals surface area contributed by atoms with Crippen LogP contribution in [0.15, 0.2) is 88.3 Å². The van der Waals surface area contributed by atoms with Gasteiger partial charge in [-0.2, -0.15) is 0 Å². The van der Waals surface area contributed by atoms with Crippen molar-refractivity contribution in [2.24, 2.45) is 0 Å². The van der Waals surface area contributed by atoms with Gasteiger partial charge in [0.1, 0.15) is 6.10 Å². The molecule has 0 spiro atoms. The molecule has 0 aliphatic carbocycles. The minimum absolute atomic E-state index is 0.0104. The molecule has 14 heteroatoms. The maximum Gasteiger partial charge on any atom is 0.303 e. The highest BCUT2D eigenvalue weighted by Gasteiger charge is 2.39. The molecule has 1 saturated heterocycles. The normalized spacial score (nSPS) is 15.3. The molecule has 0 radical (unpaired) electrons. The van der Waals surface area contributed by atoms with Crippen LogP contribution in [0.3, 0.4) is 0 Å². The highest BCUT2D eigenvalue weighted by atomic mass is 19.1. The van der Waals surface area contributed by atoms with E-state index >= 15 is 0 Å². The van der Waals surface area contributed by atoms with Crippen molar-refractivity contribution in [2.75, 3.05) is 23.4 Å². The number of rotatable bonds is 8. The Balaban J connectivity index is 1.15. The van der Waals surface area contributed by atoms with Gasteiger partial charge in [0.2, 0.25) is 6.10 Å². The van der Waals surface area contributed by atoms with E-state index in [1.807, 2.05) is 0 Å². The van der Waals surface area contributed by atoms with E-state index in [1.54, 1.807) is 24.3 Å². The molecule has 1 atom stereocenters. The van der Waals surface area contributed by atoms with Crippen molar-refractivity contribution in [3.63, 3.8) is 0 Å². The van der Waals surface area contributed by atoms with Crippen molar-refractivity contribution in [2.45, 2.75) is 32.0 Å². The maximum absolute atomic E-state index is 14.7. The van der Waals surface area contributed by atoms with Gasteiger partial charge >= 0.3 is 5.97 Å². The lowest BCUT2D eigenvalue weighted by molar-refractivity contribution is -0.152. The number of esters is 1. The van der Waals surface area contributed by atoms with Crippen molar-refractivity contribution < 1.29 is 42.3 Å². The van der Waals surface area contributed by atoms with Crippen LogP contribution in [0.2, 0.25) is 0 Å². The van der Waals surface area contributed by atoms with Crippen LogP contribution in [0.4, 0.5) is 15.9 Å². The predicted octanol–water partition coefficient (Wildman–Crippen LogP) is 4.72. The van der Waals surface area contributed by atoms with Crippen LogP contribution < -0.4 is 20.5 Å². The lowest BCUT2D eigenvalue weighted by Crippen LogP contribution is -2.32. The number of benzene rings is 3. The number of nitrogens with one attached hydrogen (secondary N) is 1. The summed E-state index contributed by atoms with van der Waals surface area (Å²) >= 11 is 0. The summed E-state index contributed by atoms with van der Waals surface area (Å²) < 4.78 is 37.8. The SMILES string of the molecule is CC(=O)OC(C(=O)Nc1ccc2c(N3C(=O)c4ccccc4C3=O)noc2c1)c1cccn(-c2ccc(F)c(OC3CCOCC3)c2)c1=O. The van der Waals surface area contributed by atoms with Crippen molar-refractivity contribution in [1.29, 1.82) is 0 Å². The predicted molar refractivity (Wildman–Crippen MR) is 171 cm³/mol. The van der Waals surface area contributed by atoms with Crippen LogP contribution in [0.5, 0.6) is 5.75 Å². The molecule has 4 heterocycles. The summed E-state index contributed by atoms with van der Waals surface area (Å²) in [7, 11) is 0. The minimum Gasteiger partial charge on any atom is -0.487 e. The van der Waals surface area contributed by atoms with Gasteiger partial charge < -0.3 is 24.1 Å². The minimum atomic E-state index is -1.67. The second-order valence-electron chi connectivity index (χ2n) is 11.4. The monoisotopic (exact) mass is 666 g/mol. The molecule has 2 aromatic heterocycles. The molecule has 13 nitrogen and oxygen atoms in total. The van der Waals surface area contributed by atoms with Gasteiger partial charge in [0.15, 0.2) is 23.0 Å². The average molecular weight is 667 g/mol. The summed E-state index contributed by atoms with van der Waals surface area (Å²) in [5.74, 6) is -3.42. The van der Waals surface area contributed by atoms with Gasteiger partial charge in [0.05, 0.1) is 41.0 Å². The lowest BCUT2D eigenvalue weighted by atomic mass is 10.1. The largest absolute Gasteiger partial charge is 0.487 e. The number of pyridine rings is 1. The first kappa shape index (κ1) is 31.4. The first-order valence-electron chi connectivity index (χ1n) is 15.3. The molecule has 3 aromatic carbocycles. The fraction of sp³-hybridized carbons (Fsp3) is 0.200. The number of anilines is 2. The molecule has 0 bridgehead atoms. The van der Waals surface area contributed by atoms with Crippen LogP contribution in [-0.4, -0.2) is 52.7 Å². The quantitative estimate of drug-likeness (QED) is 0.181. The van der Waals surface area contributed by atoms with E-state index < -0.39 is 41.2 Å². The molecule has 3 amide bonds. The van der Waals surface area contributed by atoms with Crippen molar-refractivity contribution in [3.8, 4) is 11.4 Å². The molecule has 1 fully saturated rings. The average Bonchev–Trinajstić information content (AvgIpc) is 3.62. The molecule has 248 valence electrons. The number of aromatic nitrogens is 2. The standard InChI is InChI=1S/C35H27FN4O9/c1-19(41)47-30(26-7-4-14-39(33(26)43)21-9-11-27(36)29(18-21)48-22-12-15-46-16-13-22)32(42)37-20-8-10-25-28(17-20)49-38-31(25)40-34(44)23-5-2-3-6-24(23)35(40)45/h2-11,14,17-18,22,30H,12-13,15-16H2,1H3,(H,37,42). The number of halogens is 1. The Hall–Kier alpha value is -6.15. The van der Waals surface area contributed by atoms with Gasteiger partial charge in [0.25, 0.3) is 23.3 Å². The van der Waals surface area contributed by atoms with Crippen LogP contribution in [-0.2, 0) is 19.1 Å². The number of carbonyl (C=O) groups is 4. The number of fused-ring (bicyclic) bond motifs is 2. The lowest BCUT2D eigenvalue weighted by Gasteiger charge is -2.24. The van der Waals surface area contributed by atoms with Crippen molar-refractivity contribution in [1.82, 2.24) is 9.72 Å². The molecule has 2 aliphatic heterocycles. The summed E-state index contributed by atoms with van der Waals surface area (Å²) in [6.45, 7) is 2.09. The number of hydrogen-bond acceptors (Lipinski definition) is 10. The number of nitrogens with zero attached hydrogens (tertiary/aromatic N) is 3. The summed E-state index contributed by atoms with van der Waals surface area (Å²) in [5.41, 5.74) is 0.222. The van der Waals surface area contributed by atoms with E-state index in [4.69, 9.17) is 18.7 Å². The molecule has 49 heavy (non-hydrogen) atoms. The Morgan fingerprint density at radius 1 is 0.959 bits per heavy atom. The van der Waals surface area contributed by atoms with E-state index in [0.717, 1.165) is 11.8 Å². The molecule has 5 aromatic rings. The first-order valence-corrected chi connectivity index (χ1v) is 15.3. The molecular formula is C35H27FN4O9. The zero-order valence-corrected chi connectivity index (χ0v) is 25.9. The van der Waals surface area contributed by atoms with Gasteiger partial charge in [-0.15, -0.1) is 0 Å². The maximum atomic E-state index is 14.7. The van der Waals surface area contributed by atoms with Gasteiger partial charge in [-0.1, -0.05) is 17.3 Å². The van der Waals surface area contributed by atoms with E-state index in [0.29, 0.717) is 31.4 Å². The Kier molecular flexibility index (Phi) is 8.22. The van der Waals surface area contributed by atoms with Crippen LogP contribution in [0, 0.1) is 5.82 Å². The number of hydrogen-bond donors (Lipinski definition) is 1. The number of imide groups is 1. The Bertz CT molecular complexity index is 2170. The Morgan fingerprint density at radius 2 is 1.69 bits per heavy atom. The molecule has 7 rings (SSSR count). The molecule has 1 N–H and O–H groups in total. The summed E-state index contributed by atoms with van der Waals surface area (Å²) in [6, 6.07) is 17.6. The topological polar surface area (TPSA) is 159 Å². The fourth-order valence-electron chi connectivity index (χ4n) is 5.80. The Morgan fingerprint density at radius 3 is 2.41 bits per heavy atom. The second-order valence-corrected chi connectivity index (χ2v) is 11.4. The zero-order valence-electron chi connectivity index (χ0n) is 25.9. The molecule has 2 aliphatic rings. The van der Waals surface area contributed by atoms with Crippen molar-refractivity contribution >= 4 is 46.2 Å². The number of amides is 3. The molecule has 0 saturated carbocycles. The first-order chi connectivity index (χ1) is 23.7. The van der Waals surface area contributed by atoms with E-state index in [1.165, 1.54) is 59.3 Å². The summed E-state index contributed by atoms with van der Waals surface area (Å²) in [6.07, 6.45) is 0.702. The number of carbonyl (C=O) groups excluding carboxylic acids is 4. The van der Waals surface area contributed by atoms with E-state index in [-0.39, 0.29) is 51.3 Å². The Labute approximate surface area is 276 Å². The van der Waals surface area contributed by atoms with Crippen LogP contribution in [0.25, 0.3) is 16.7 Å². The van der Waals surface area contributed by atoms with Crippen molar-refractivity contribution in [3.05, 3.63) is 112 Å². The van der Waals surface area contributed by atoms with E-state index in [2.05, 4.69) is 10.5 Å². The summed E-state index contributed by atoms with van der Waals surface area (Å²) in [5, 5.41) is 6.89. The third-order valence-corrected chi connectivity index (χ3v) is 8.16. The van der Waals surface area contributed by atoms with Gasteiger partial charge in [-0.3, -0.25) is 28.5 Å². The highest BCUT2D eigenvalue weighted by molar-refractivity contribution is 6.35. The van der Waals surface area contributed by atoms with Crippen LogP contribution >= 0.6 is 0 Å². The second kappa shape index (κ2) is 12.8. The van der Waals surface area contributed by atoms with Crippen LogP contribution in [0.1, 0.15) is 52.1 Å².